The summed E-state index contributed by atoms with van der Waals surface area (Å²) in [5.74, 6) is 0.385. The highest BCUT2D eigenvalue weighted by atomic mass is 35.5. The Morgan fingerprint density at radius 3 is 2.25 bits per heavy atom. The van der Waals surface area contributed by atoms with E-state index in [9.17, 15) is 4.79 Å². The number of ether oxygens (including phenoxy) is 1. The summed E-state index contributed by atoms with van der Waals surface area (Å²) in [7, 11) is 1.58. The molecule has 4 nitrogen and oxygen atoms in total. The molecule has 0 unspecified atom stereocenters. The van der Waals surface area contributed by atoms with Gasteiger partial charge in [0.2, 0.25) is 0 Å². The van der Waals surface area contributed by atoms with Crippen LogP contribution < -0.4 is 14.7 Å². The first-order valence-electron chi connectivity index (χ1n) is 5.76. The van der Waals surface area contributed by atoms with E-state index in [1.807, 2.05) is 0 Å². The molecule has 0 fully saturated rings. The number of hydrogen-bond acceptors (Lipinski definition) is 3. The lowest BCUT2D eigenvalue weighted by Gasteiger charge is -2.17. The van der Waals surface area contributed by atoms with Crippen molar-refractivity contribution in [3.8, 4) is 5.75 Å². The van der Waals surface area contributed by atoms with Gasteiger partial charge in [-0.2, -0.15) is 4.53 Å². The minimum absolute atomic E-state index is 0.326. The van der Waals surface area contributed by atoms with Gasteiger partial charge in [-0.15, -0.1) is 0 Å². The average Bonchev–Trinajstić information content (AvgIpc) is 2.48. The van der Waals surface area contributed by atoms with Gasteiger partial charge in [-0.3, -0.25) is 4.79 Å². The highest BCUT2D eigenvalue weighted by Gasteiger charge is 2.10. The van der Waals surface area contributed by atoms with Gasteiger partial charge >= 0.3 is 0 Å². The summed E-state index contributed by atoms with van der Waals surface area (Å²) in [6, 6.07) is 13.5. The van der Waals surface area contributed by atoms with Crippen LogP contribution in [0.25, 0.3) is 0 Å². The average molecular weight is 311 g/mol. The highest BCUT2D eigenvalue weighted by Crippen LogP contribution is 2.19. The van der Waals surface area contributed by atoms with E-state index in [2.05, 4.69) is 5.43 Å². The van der Waals surface area contributed by atoms with Crippen molar-refractivity contribution in [3.63, 3.8) is 0 Å². The second-order valence-corrected chi connectivity index (χ2v) is 4.70. The zero-order valence-corrected chi connectivity index (χ0v) is 12.2. The standard InChI is InChI=1S/C14H12Cl2N2O2/c1-20-13-8-6-12(7-9-13)18(16)17-14(19)10-2-4-11(15)5-3-10/h2-9H,1H3,(H,17,19). The van der Waals surface area contributed by atoms with Crippen molar-refractivity contribution in [3.05, 3.63) is 59.1 Å². The second kappa shape index (κ2) is 6.50. The Kier molecular flexibility index (Phi) is 4.71. The number of nitrogens with zero attached hydrogens (tertiary/aromatic N) is 1. The molecular weight excluding hydrogens is 299 g/mol. The molecule has 6 heteroatoms. The van der Waals surface area contributed by atoms with Gasteiger partial charge < -0.3 is 4.74 Å². The molecule has 0 aliphatic carbocycles. The second-order valence-electron chi connectivity index (χ2n) is 3.93. The molecule has 20 heavy (non-hydrogen) atoms. The number of methoxy groups -OCH3 is 1. The molecule has 0 aliphatic rings. The molecule has 0 aliphatic heterocycles. The van der Waals surface area contributed by atoms with Crippen molar-refractivity contribution in [1.29, 1.82) is 0 Å². The van der Waals surface area contributed by atoms with E-state index in [-0.39, 0.29) is 5.91 Å². The lowest BCUT2D eigenvalue weighted by molar-refractivity contribution is 0.0956. The monoisotopic (exact) mass is 310 g/mol. The van der Waals surface area contributed by atoms with Crippen LogP contribution >= 0.6 is 23.4 Å². The Morgan fingerprint density at radius 2 is 1.70 bits per heavy atom. The van der Waals surface area contributed by atoms with Crippen molar-refractivity contribution in [1.82, 2.24) is 5.43 Å². The summed E-state index contributed by atoms with van der Waals surface area (Å²) in [6.07, 6.45) is 0. The molecule has 0 bridgehead atoms. The number of carbonyl (C=O) groups excluding carboxylic acids is 1. The number of halogens is 2. The first-order valence-corrected chi connectivity index (χ1v) is 6.48. The van der Waals surface area contributed by atoms with Crippen LogP contribution in [0.3, 0.4) is 0 Å². The molecule has 1 N–H and O–H groups in total. The Hall–Kier alpha value is -1.91. The third-order valence-corrected chi connectivity index (χ3v) is 3.14. The minimum atomic E-state index is -0.326. The molecule has 104 valence electrons. The summed E-state index contributed by atoms with van der Waals surface area (Å²) >= 11 is 11.8. The Bertz CT molecular complexity index is 585. The third-order valence-electron chi connectivity index (χ3n) is 2.61. The van der Waals surface area contributed by atoms with Gasteiger partial charge in [0.1, 0.15) is 5.75 Å². The zero-order chi connectivity index (χ0) is 14.5. The van der Waals surface area contributed by atoms with Crippen molar-refractivity contribution >= 4 is 35.0 Å². The molecule has 0 saturated heterocycles. The van der Waals surface area contributed by atoms with Crippen LogP contribution in [0.15, 0.2) is 48.5 Å². The van der Waals surface area contributed by atoms with Gasteiger partial charge in [0, 0.05) is 22.4 Å². The lowest BCUT2D eigenvalue weighted by atomic mass is 10.2. The van der Waals surface area contributed by atoms with Gasteiger partial charge in [0.25, 0.3) is 5.91 Å². The Morgan fingerprint density at radius 1 is 1.10 bits per heavy atom. The van der Waals surface area contributed by atoms with Gasteiger partial charge in [-0.05, 0) is 48.5 Å². The van der Waals surface area contributed by atoms with E-state index in [1.54, 1.807) is 55.6 Å². The van der Waals surface area contributed by atoms with E-state index >= 15 is 0 Å². The van der Waals surface area contributed by atoms with E-state index in [4.69, 9.17) is 28.1 Å². The van der Waals surface area contributed by atoms with E-state index < -0.39 is 0 Å². The summed E-state index contributed by atoms with van der Waals surface area (Å²) in [4.78, 5) is 12.0. The SMILES string of the molecule is COc1ccc(N(Cl)NC(=O)c2ccc(Cl)cc2)cc1. The fourth-order valence-corrected chi connectivity index (χ4v) is 1.85. The molecule has 0 aromatic heterocycles. The van der Waals surface area contributed by atoms with Gasteiger partial charge in [0.05, 0.1) is 12.8 Å². The van der Waals surface area contributed by atoms with Crippen LogP contribution in [0.5, 0.6) is 5.75 Å². The van der Waals surface area contributed by atoms with Crippen molar-refractivity contribution in [2.75, 3.05) is 11.6 Å². The van der Waals surface area contributed by atoms with Crippen molar-refractivity contribution in [2.24, 2.45) is 0 Å². The number of anilines is 1. The van der Waals surface area contributed by atoms with E-state index in [1.165, 1.54) is 0 Å². The highest BCUT2D eigenvalue weighted by molar-refractivity contribution is 6.30. The smallest absolute Gasteiger partial charge is 0.270 e. The molecule has 0 radical (unpaired) electrons. The molecule has 0 spiro atoms. The number of benzene rings is 2. The van der Waals surface area contributed by atoms with E-state index in [0.717, 1.165) is 4.53 Å². The number of nitrogens with one attached hydrogen (secondary N) is 1. The van der Waals surface area contributed by atoms with Gasteiger partial charge in [-0.25, -0.2) is 5.43 Å². The summed E-state index contributed by atoms with van der Waals surface area (Å²) in [5.41, 5.74) is 3.63. The number of amides is 1. The van der Waals surface area contributed by atoms with Crippen LogP contribution in [0.1, 0.15) is 10.4 Å². The molecule has 0 saturated carbocycles. The normalized spacial score (nSPS) is 9.95. The first kappa shape index (κ1) is 14.5. The fraction of sp³-hybridized carbons (Fsp3) is 0.0714. The van der Waals surface area contributed by atoms with Crippen LogP contribution in [-0.2, 0) is 0 Å². The third kappa shape index (κ3) is 3.56. The van der Waals surface area contributed by atoms with Gasteiger partial charge in [-0.1, -0.05) is 11.6 Å². The molecule has 2 rings (SSSR count). The fourth-order valence-electron chi connectivity index (χ4n) is 1.53. The van der Waals surface area contributed by atoms with Crippen LogP contribution in [0.4, 0.5) is 5.69 Å². The first-order chi connectivity index (χ1) is 9.60. The summed E-state index contributed by atoms with van der Waals surface area (Å²) < 4.78 is 6.17. The molecule has 2 aromatic rings. The molecule has 2 aromatic carbocycles. The Balaban J connectivity index is 2.04. The lowest BCUT2D eigenvalue weighted by Crippen LogP contribution is -2.35. The minimum Gasteiger partial charge on any atom is -0.497 e. The van der Waals surface area contributed by atoms with Crippen LogP contribution in [0.2, 0.25) is 5.02 Å². The van der Waals surface area contributed by atoms with E-state index in [0.29, 0.717) is 22.0 Å². The maximum absolute atomic E-state index is 12.0. The number of carbonyl (C=O) groups is 1. The molecule has 0 heterocycles. The predicted molar refractivity (Wildman–Crippen MR) is 80.2 cm³/mol. The zero-order valence-electron chi connectivity index (χ0n) is 10.6. The number of rotatable bonds is 4. The number of hydrazine groups is 1. The van der Waals surface area contributed by atoms with Crippen LogP contribution in [0, 0.1) is 0 Å². The van der Waals surface area contributed by atoms with Crippen LogP contribution in [-0.4, -0.2) is 13.0 Å². The van der Waals surface area contributed by atoms with Gasteiger partial charge in [0.15, 0.2) is 0 Å². The Labute approximate surface area is 126 Å². The number of hydrogen-bond donors (Lipinski definition) is 1. The molecular formula is C14H12Cl2N2O2. The summed E-state index contributed by atoms with van der Waals surface area (Å²) in [6.45, 7) is 0. The largest absolute Gasteiger partial charge is 0.497 e. The maximum atomic E-state index is 12.0. The quantitative estimate of drug-likeness (QED) is 0.692. The predicted octanol–water partition coefficient (Wildman–Crippen LogP) is 3.65. The molecule has 1 amide bonds. The van der Waals surface area contributed by atoms with Crippen molar-refractivity contribution < 1.29 is 9.53 Å². The maximum Gasteiger partial charge on any atom is 0.270 e. The topological polar surface area (TPSA) is 41.6 Å². The summed E-state index contributed by atoms with van der Waals surface area (Å²) in [5, 5.41) is 0.569. The molecule has 0 atom stereocenters. The van der Waals surface area contributed by atoms with Crippen molar-refractivity contribution in [2.45, 2.75) is 0 Å².